The fourth-order valence-corrected chi connectivity index (χ4v) is 1.71. The molecule has 0 aliphatic heterocycles. The van der Waals surface area contributed by atoms with Crippen molar-refractivity contribution in [1.29, 1.82) is 0 Å². The number of carbonyl (C=O) groups is 1. The zero-order valence-electron chi connectivity index (χ0n) is 10.1. The molecule has 0 aromatic carbocycles. The van der Waals surface area contributed by atoms with Gasteiger partial charge in [0.2, 0.25) is 5.91 Å². The lowest BCUT2D eigenvalue weighted by molar-refractivity contribution is -0.126. The van der Waals surface area contributed by atoms with Gasteiger partial charge in [-0.15, -0.1) is 6.58 Å². The van der Waals surface area contributed by atoms with Crippen LogP contribution in [0.15, 0.2) is 12.7 Å². The van der Waals surface area contributed by atoms with Crippen molar-refractivity contribution in [3.05, 3.63) is 12.7 Å². The number of hydrazine groups is 1. The fourth-order valence-electron chi connectivity index (χ4n) is 1.71. The van der Waals surface area contributed by atoms with E-state index in [1.807, 2.05) is 0 Å². The Morgan fingerprint density at radius 2 is 2.25 bits per heavy atom. The van der Waals surface area contributed by atoms with Crippen LogP contribution in [0.5, 0.6) is 0 Å². The predicted octanol–water partition coefficient (Wildman–Crippen LogP) is 1.50. The first-order chi connectivity index (χ1) is 7.65. The molecule has 0 aromatic rings. The average Bonchev–Trinajstić information content (AvgIpc) is 2.28. The summed E-state index contributed by atoms with van der Waals surface area (Å²) < 4.78 is 0. The number of aliphatic hydroxyl groups excluding tert-OH is 1. The Balaban J connectivity index is 3.97. The monoisotopic (exact) mass is 228 g/mol. The second-order valence-corrected chi connectivity index (χ2v) is 4.12. The summed E-state index contributed by atoms with van der Waals surface area (Å²) in [6.07, 6.45) is 6.26. The number of hydrogen-bond donors (Lipinski definition) is 3. The standard InChI is InChI=1S/C12H24N2O2/c1-3-5-6-8-11(15)9-10(7-4-2)12(16)14-13/h4,10-11,15H,2-3,5-9,13H2,1H3,(H,14,16)/t10-,11-/m0/s1. The van der Waals surface area contributed by atoms with Gasteiger partial charge in [0.1, 0.15) is 0 Å². The zero-order chi connectivity index (χ0) is 12.4. The third-order valence-corrected chi connectivity index (χ3v) is 2.66. The van der Waals surface area contributed by atoms with Crippen LogP contribution in [0.4, 0.5) is 0 Å². The van der Waals surface area contributed by atoms with Crippen molar-refractivity contribution in [2.45, 2.75) is 51.6 Å². The Morgan fingerprint density at radius 3 is 2.75 bits per heavy atom. The number of rotatable bonds is 9. The van der Waals surface area contributed by atoms with Crippen molar-refractivity contribution in [2.24, 2.45) is 11.8 Å². The summed E-state index contributed by atoms with van der Waals surface area (Å²) in [5.74, 6) is 4.59. The highest BCUT2D eigenvalue weighted by atomic mass is 16.3. The Hall–Kier alpha value is -0.870. The highest BCUT2D eigenvalue weighted by molar-refractivity contribution is 5.78. The molecule has 0 saturated heterocycles. The van der Waals surface area contributed by atoms with E-state index >= 15 is 0 Å². The summed E-state index contributed by atoms with van der Waals surface area (Å²) in [7, 11) is 0. The molecule has 0 heterocycles. The molecule has 0 aliphatic rings. The molecule has 0 spiro atoms. The van der Waals surface area contributed by atoms with Gasteiger partial charge in [-0.2, -0.15) is 0 Å². The van der Waals surface area contributed by atoms with Gasteiger partial charge in [0, 0.05) is 5.92 Å². The van der Waals surface area contributed by atoms with Gasteiger partial charge >= 0.3 is 0 Å². The number of amides is 1. The van der Waals surface area contributed by atoms with Crippen molar-refractivity contribution in [3.63, 3.8) is 0 Å². The van der Waals surface area contributed by atoms with Crippen LogP contribution < -0.4 is 11.3 Å². The van der Waals surface area contributed by atoms with Crippen molar-refractivity contribution in [1.82, 2.24) is 5.43 Å². The third-order valence-electron chi connectivity index (χ3n) is 2.66. The molecule has 4 nitrogen and oxygen atoms in total. The van der Waals surface area contributed by atoms with Crippen LogP contribution in [0.3, 0.4) is 0 Å². The lowest BCUT2D eigenvalue weighted by Gasteiger charge is -2.17. The molecular weight excluding hydrogens is 204 g/mol. The molecule has 0 rings (SSSR count). The largest absolute Gasteiger partial charge is 0.393 e. The van der Waals surface area contributed by atoms with E-state index in [9.17, 15) is 9.90 Å². The number of nitrogens with two attached hydrogens (primary N) is 1. The lowest BCUT2D eigenvalue weighted by atomic mass is 9.94. The molecule has 0 aromatic heterocycles. The van der Waals surface area contributed by atoms with Gasteiger partial charge in [-0.05, 0) is 19.3 Å². The number of hydrogen-bond acceptors (Lipinski definition) is 3. The first-order valence-corrected chi connectivity index (χ1v) is 5.95. The average molecular weight is 228 g/mol. The molecule has 16 heavy (non-hydrogen) atoms. The van der Waals surface area contributed by atoms with E-state index < -0.39 is 6.10 Å². The summed E-state index contributed by atoms with van der Waals surface area (Å²) in [6, 6.07) is 0. The maximum Gasteiger partial charge on any atom is 0.237 e. The van der Waals surface area contributed by atoms with E-state index in [0.717, 1.165) is 25.7 Å². The summed E-state index contributed by atoms with van der Waals surface area (Å²) in [4.78, 5) is 11.4. The molecule has 94 valence electrons. The van der Waals surface area contributed by atoms with Crippen molar-refractivity contribution >= 4 is 5.91 Å². The summed E-state index contributed by atoms with van der Waals surface area (Å²) >= 11 is 0. The smallest absolute Gasteiger partial charge is 0.237 e. The van der Waals surface area contributed by atoms with Gasteiger partial charge in [0.05, 0.1) is 6.10 Å². The van der Waals surface area contributed by atoms with Crippen LogP contribution in [-0.2, 0) is 4.79 Å². The van der Waals surface area contributed by atoms with Crippen LogP contribution in [-0.4, -0.2) is 17.1 Å². The van der Waals surface area contributed by atoms with Crippen LogP contribution >= 0.6 is 0 Å². The van der Waals surface area contributed by atoms with E-state index in [4.69, 9.17) is 5.84 Å². The maximum absolute atomic E-state index is 11.4. The molecular formula is C12H24N2O2. The Labute approximate surface area is 97.9 Å². The minimum Gasteiger partial charge on any atom is -0.393 e. The first-order valence-electron chi connectivity index (χ1n) is 5.95. The second kappa shape index (κ2) is 9.36. The van der Waals surface area contributed by atoms with Crippen LogP contribution in [0.1, 0.15) is 45.4 Å². The van der Waals surface area contributed by atoms with E-state index in [1.165, 1.54) is 0 Å². The first kappa shape index (κ1) is 15.1. The van der Waals surface area contributed by atoms with Crippen LogP contribution in [0, 0.1) is 5.92 Å². The SMILES string of the molecule is C=CC[C@@H](C[C@@H](O)CCCCC)C(=O)NN. The summed E-state index contributed by atoms with van der Waals surface area (Å²) in [5.41, 5.74) is 2.12. The molecule has 0 aliphatic carbocycles. The topological polar surface area (TPSA) is 75.3 Å². The molecule has 0 bridgehead atoms. The zero-order valence-corrected chi connectivity index (χ0v) is 10.1. The maximum atomic E-state index is 11.4. The molecule has 0 saturated carbocycles. The Morgan fingerprint density at radius 1 is 1.56 bits per heavy atom. The highest BCUT2D eigenvalue weighted by Crippen LogP contribution is 2.16. The number of unbranched alkanes of at least 4 members (excludes halogenated alkanes) is 2. The van der Waals surface area contributed by atoms with Crippen molar-refractivity contribution in [3.8, 4) is 0 Å². The van der Waals surface area contributed by atoms with Gasteiger partial charge in [0.25, 0.3) is 0 Å². The van der Waals surface area contributed by atoms with E-state index in [2.05, 4.69) is 18.9 Å². The van der Waals surface area contributed by atoms with Crippen molar-refractivity contribution < 1.29 is 9.90 Å². The quantitative estimate of drug-likeness (QED) is 0.184. The summed E-state index contributed by atoms with van der Waals surface area (Å²) in [5, 5.41) is 9.76. The van der Waals surface area contributed by atoms with E-state index in [0.29, 0.717) is 12.8 Å². The minimum atomic E-state index is -0.422. The van der Waals surface area contributed by atoms with Crippen LogP contribution in [0.25, 0.3) is 0 Å². The molecule has 0 unspecified atom stereocenters. The molecule has 2 atom stereocenters. The lowest BCUT2D eigenvalue weighted by Crippen LogP contribution is -2.37. The second-order valence-electron chi connectivity index (χ2n) is 4.12. The van der Waals surface area contributed by atoms with Gasteiger partial charge in [-0.1, -0.05) is 32.3 Å². The van der Waals surface area contributed by atoms with Gasteiger partial charge in [0.15, 0.2) is 0 Å². The Bertz CT molecular complexity index is 207. The minimum absolute atomic E-state index is 0.227. The van der Waals surface area contributed by atoms with Gasteiger partial charge in [-0.25, -0.2) is 5.84 Å². The van der Waals surface area contributed by atoms with Crippen molar-refractivity contribution in [2.75, 3.05) is 0 Å². The number of allylic oxidation sites excluding steroid dienone is 1. The normalized spacial score (nSPS) is 14.2. The number of carbonyl (C=O) groups excluding carboxylic acids is 1. The van der Waals surface area contributed by atoms with E-state index in [1.54, 1.807) is 6.08 Å². The molecule has 0 radical (unpaired) electrons. The third kappa shape index (κ3) is 6.58. The Kier molecular flexibility index (Phi) is 8.85. The molecule has 1 amide bonds. The fraction of sp³-hybridized carbons (Fsp3) is 0.750. The van der Waals surface area contributed by atoms with Gasteiger partial charge in [-0.3, -0.25) is 10.2 Å². The predicted molar refractivity (Wildman–Crippen MR) is 65.4 cm³/mol. The number of nitrogens with one attached hydrogen (secondary N) is 1. The van der Waals surface area contributed by atoms with Gasteiger partial charge < -0.3 is 5.11 Å². The molecule has 4 N–H and O–H groups in total. The molecule has 4 heteroatoms. The summed E-state index contributed by atoms with van der Waals surface area (Å²) in [6.45, 7) is 5.72. The van der Waals surface area contributed by atoms with E-state index in [-0.39, 0.29) is 11.8 Å². The molecule has 0 fully saturated rings. The highest BCUT2D eigenvalue weighted by Gasteiger charge is 2.19. The number of aliphatic hydroxyl groups is 1. The van der Waals surface area contributed by atoms with Crippen LogP contribution in [0.2, 0.25) is 0 Å².